The summed E-state index contributed by atoms with van der Waals surface area (Å²) in [6.07, 6.45) is 12.5. The van der Waals surface area contributed by atoms with E-state index in [0.717, 1.165) is 25.7 Å². The number of carbonyl (C=O) groups is 1. The molecular formula is C18H35NO3S. The van der Waals surface area contributed by atoms with Crippen LogP contribution in [0.2, 0.25) is 0 Å². The van der Waals surface area contributed by atoms with Crippen LogP contribution in [-0.2, 0) is 14.8 Å². The van der Waals surface area contributed by atoms with Crippen LogP contribution in [-0.4, -0.2) is 20.1 Å². The van der Waals surface area contributed by atoms with Gasteiger partial charge in [-0.05, 0) is 18.3 Å². The minimum absolute atomic E-state index is 0.0227. The van der Waals surface area contributed by atoms with Gasteiger partial charge in [-0.3, -0.25) is 9.52 Å². The van der Waals surface area contributed by atoms with Crippen molar-refractivity contribution < 1.29 is 13.2 Å². The molecule has 1 amide bonds. The van der Waals surface area contributed by atoms with Gasteiger partial charge in [0, 0.05) is 0 Å². The van der Waals surface area contributed by atoms with E-state index in [2.05, 4.69) is 25.5 Å². The Hall–Kier alpha value is -0.580. The zero-order chi connectivity index (χ0) is 17.3. The lowest BCUT2D eigenvalue weighted by Crippen LogP contribution is -2.35. The third-order valence-corrected chi connectivity index (χ3v) is 6.54. The van der Waals surface area contributed by atoms with E-state index in [0.29, 0.717) is 0 Å². The summed E-state index contributed by atoms with van der Waals surface area (Å²) >= 11 is 0. The smallest absolute Gasteiger partial charge is 0.238 e. The predicted molar refractivity (Wildman–Crippen MR) is 95.7 cm³/mol. The molecule has 1 saturated heterocycles. The van der Waals surface area contributed by atoms with E-state index in [-0.39, 0.29) is 23.0 Å². The third kappa shape index (κ3) is 6.82. The molecule has 0 aromatic rings. The number of amides is 1. The molecule has 0 aliphatic carbocycles. The van der Waals surface area contributed by atoms with E-state index >= 15 is 0 Å². The summed E-state index contributed by atoms with van der Waals surface area (Å²) in [5.41, 5.74) is -0.187. The van der Waals surface area contributed by atoms with E-state index in [1.165, 1.54) is 44.9 Å². The standard InChI is InChI=1S/C18H35NO3S/c1-4-6-8-10-12-14-18(3,13-11-9-7-5-2)16-15-23(21,22)19-17(16)20/h16H,4-15H2,1-3H3,(H,19,20). The first kappa shape index (κ1) is 20.5. The fourth-order valence-electron chi connectivity index (χ4n) is 3.64. The number of nitrogens with one attached hydrogen (secondary N) is 1. The van der Waals surface area contributed by atoms with Gasteiger partial charge in [0.05, 0.1) is 11.7 Å². The highest BCUT2D eigenvalue weighted by Crippen LogP contribution is 2.41. The number of sulfonamides is 1. The molecule has 0 aromatic carbocycles. The van der Waals surface area contributed by atoms with Crippen LogP contribution in [0.4, 0.5) is 0 Å². The van der Waals surface area contributed by atoms with Gasteiger partial charge in [-0.15, -0.1) is 0 Å². The Morgan fingerprint density at radius 1 is 0.957 bits per heavy atom. The molecule has 2 atom stereocenters. The van der Waals surface area contributed by atoms with Crippen LogP contribution in [0.15, 0.2) is 0 Å². The number of rotatable bonds is 12. The van der Waals surface area contributed by atoms with Gasteiger partial charge in [0.1, 0.15) is 0 Å². The lowest BCUT2D eigenvalue weighted by molar-refractivity contribution is -0.125. The molecule has 0 aromatic heterocycles. The summed E-state index contributed by atoms with van der Waals surface area (Å²) in [5.74, 6) is -0.678. The largest absolute Gasteiger partial charge is 0.274 e. The fraction of sp³-hybridized carbons (Fsp3) is 0.944. The highest BCUT2D eigenvalue weighted by molar-refractivity contribution is 7.90. The summed E-state index contributed by atoms with van der Waals surface area (Å²) in [6.45, 7) is 6.51. The summed E-state index contributed by atoms with van der Waals surface area (Å²) in [7, 11) is -3.40. The molecule has 0 saturated carbocycles. The zero-order valence-corrected chi connectivity index (χ0v) is 16.0. The van der Waals surface area contributed by atoms with Crippen molar-refractivity contribution in [2.24, 2.45) is 11.3 Å². The number of hydrogen-bond donors (Lipinski definition) is 1. The second-order valence-corrected chi connectivity index (χ2v) is 9.20. The molecule has 2 unspecified atom stereocenters. The molecule has 23 heavy (non-hydrogen) atoms. The molecule has 1 fully saturated rings. The average molecular weight is 346 g/mol. The maximum atomic E-state index is 12.2. The molecule has 5 heteroatoms. The molecule has 4 nitrogen and oxygen atoms in total. The Balaban J connectivity index is 2.65. The SMILES string of the molecule is CCCCCCCC(C)(CCCCCC)C1CS(=O)(=O)NC1=O. The monoisotopic (exact) mass is 345 g/mol. The van der Waals surface area contributed by atoms with Crippen LogP contribution >= 0.6 is 0 Å². The normalized spacial score (nSPS) is 22.7. The van der Waals surface area contributed by atoms with Gasteiger partial charge in [-0.25, -0.2) is 8.42 Å². The molecule has 1 N–H and O–H groups in total. The number of hydrogen-bond acceptors (Lipinski definition) is 3. The molecule has 136 valence electrons. The Labute approximate surface area is 142 Å². The van der Waals surface area contributed by atoms with Crippen molar-refractivity contribution in [1.29, 1.82) is 0 Å². The van der Waals surface area contributed by atoms with Gasteiger partial charge < -0.3 is 0 Å². The minimum Gasteiger partial charge on any atom is -0.274 e. The van der Waals surface area contributed by atoms with Crippen LogP contribution in [0.1, 0.15) is 91.4 Å². The second-order valence-electron chi connectivity index (χ2n) is 7.43. The van der Waals surface area contributed by atoms with Crippen molar-refractivity contribution >= 4 is 15.9 Å². The van der Waals surface area contributed by atoms with Gasteiger partial charge in [0.25, 0.3) is 0 Å². The molecule has 1 aliphatic rings. The summed E-state index contributed by atoms with van der Waals surface area (Å²) in [5, 5.41) is 0. The summed E-state index contributed by atoms with van der Waals surface area (Å²) in [6, 6.07) is 0. The van der Waals surface area contributed by atoms with Gasteiger partial charge in [-0.2, -0.15) is 0 Å². The Kier molecular flexibility index (Phi) is 8.59. The van der Waals surface area contributed by atoms with Crippen LogP contribution in [0.5, 0.6) is 0 Å². The maximum Gasteiger partial charge on any atom is 0.238 e. The summed E-state index contributed by atoms with van der Waals surface area (Å²) in [4.78, 5) is 12.2. The van der Waals surface area contributed by atoms with Crippen LogP contribution in [0, 0.1) is 11.3 Å². The van der Waals surface area contributed by atoms with Crippen LogP contribution in [0.25, 0.3) is 0 Å². The van der Waals surface area contributed by atoms with Gasteiger partial charge in [-0.1, -0.05) is 78.6 Å². The van der Waals surface area contributed by atoms with E-state index in [9.17, 15) is 13.2 Å². The van der Waals surface area contributed by atoms with Crippen LogP contribution in [0.3, 0.4) is 0 Å². The molecular weight excluding hydrogens is 310 g/mol. The first-order valence-electron chi connectivity index (χ1n) is 9.39. The zero-order valence-electron chi connectivity index (χ0n) is 15.2. The number of unbranched alkanes of at least 4 members (excludes halogenated alkanes) is 7. The van der Waals surface area contributed by atoms with E-state index < -0.39 is 10.0 Å². The minimum atomic E-state index is -3.40. The first-order chi connectivity index (χ1) is 10.8. The van der Waals surface area contributed by atoms with Crippen molar-refractivity contribution in [2.45, 2.75) is 91.4 Å². The Morgan fingerprint density at radius 2 is 1.43 bits per heavy atom. The average Bonchev–Trinajstić information content (AvgIpc) is 2.77. The molecule has 1 heterocycles. The van der Waals surface area contributed by atoms with E-state index in [1.54, 1.807) is 0 Å². The lowest BCUT2D eigenvalue weighted by atomic mass is 9.70. The molecule has 0 spiro atoms. The lowest BCUT2D eigenvalue weighted by Gasteiger charge is -2.34. The molecule has 1 aliphatic heterocycles. The van der Waals surface area contributed by atoms with E-state index in [4.69, 9.17) is 0 Å². The van der Waals surface area contributed by atoms with Crippen LogP contribution < -0.4 is 4.72 Å². The van der Waals surface area contributed by atoms with Crippen molar-refractivity contribution in [3.05, 3.63) is 0 Å². The van der Waals surface area contributed by atoms with Gasteiger partial charge >= 0.3 is 0 Å². The van der Waals surface area contributed by atoms with Gasteiger partial charge in [0.2, 0.25) is 15.9 Å². The number of carbonyl (C=O) groups excluding carboxylic acids is 1. The van der Waals surface area contributed by atoms with Gasteiger partial charge in [0.15, 0.2) is 0 Å². The first-order valence-corrected chi connectivity index (χ1v) is 11.0. The third-order valence-electron chi connectivity index (χ3n) is 5.25. The highest BCUT2D eigenvalue weighted by atomic mass is 32.2. The van der Waals surface area contributed by atoms with Crippen molar-refractivity contribution in [1.82, 2.24) is 4.72 Å². The fourth-order valence-corrected chi connectivity index (χ4v) is 5.16. The van der Waals surface area contributed by atoms with Crippen molar-refractivity contribution in [3.63, 3.8) is 0 Å². The quantitative estimate of drug-likeness (QED) is 0.533. The second kappa shape index (κ2) is 9.65. The topological polar surface area (TPSA) is 63.2 Å². The van der Waals surface area contributed by atoms with Crippen molar-refractivity contribution in [3.8, 4) is 0 Å². The molecule has 0 bridgehead atoms. The highest BCUT2D eigenvalue weighted by Gasteiger charge is 2.46. The predicted octanol–water partition coefficient (Wildman–Crippen LogP) is 4.40. The Bertz CT molecular complexity index is 461. The van der Waals surface area contributed by atoms with Crippen molar-refractivity contribution in [2.75, 3.05) is 5.75 Å². The summed E-state index contributed by atoms with van der Waals surface area (Å²) < 4.78 is 25.7. The Morgan fingerprint density at radius 3 is 1.87 bits per heavy atom. The molecule has 1 rings (SSSR count). The van der Waals surface area contributed by atoms with E-state index in [1.807, 2.05) is 0 Å². The maximum absolute atomic E-state index is 12.2. The molecule has 0 radical (unpaired) electrons.